The number of carbonyl (C=O) groups excluding carboxylic acids is 1. The minimum atomic E-state index is -0.945. The van der Waals surface area contributed by atoms with Crippen molar-refractivity contribution in [2.24, 2.45) is 13.0 Å². The Bertz CT molecular complexity index is 1580. The van der Waals surface area contributed by atoms with Crippen LogP contribution >= 0.6 is 11.3 Å². The van der Waals surface area contributed by atoms with Gasteiger partial charge in [0.25, 0.3) is 5.79 Å². The first-order valence-electron chi connectivity index (χ1n) is 14.4. The summed E-state index contributed by atoms with van der Waals surface area (Å²) >= 11 is 1.42. The maximum atomic E-state index is 12.3. The van der Waals surface area contributed by atoms with Crippen LogP contribution < -0.4 is 14.4 Å². The van der Waals surface area contributed by atoms with E-state index >= 15 is 0 Å². The Hall–Kier alpha value is -3.57. The van der Waals surface area contributed by atoms with Crippen LogP contribution in [0, 0.1) is 5.92 Å². The second kappa shape index (κ2) is 10.4. The molecule has 2 atom stereocenters. The van der Waals surface area contributed by atoms with E-state index in [-0.39, 0.29) is 12.1 Å². The molecule has 2 fully saturated rings. The Balaban J connectivity index is 1.06. The topological polar surface area (TPSA) is 92.9 Å². The first-order valence-corrected chi connectivity index (χ1v) is 15.3. The zero-order valence-corrected chi connectivity index (χ0v) is 24.5. The van der Waals surface area contributed by atoms with E-state index in [0.717, 1.165) is 91.0 Å². The number of carbonyl (C=O) groups is 1. The molecule has 3 aliphatic rings. The van der Waals surface area contributed by atoms with E-state index in [9.17, 15) is 4.79 Å². The molecule has 11 heteroatoms. The predicted octanol–water partition coefficient (Wildman–Crippen LogP) is 4.90. The number of hydrogen-bond acceptors (Lipinski definition) is 9. The Labute approximate surface area is 242 Å². The molecule has 0 radical (unpaired) electrons. The van der Waals surface area contributed by atoms with Crippen molar-refractivity contribution in [3.63, 3.8) is 0 Å². The van der Waals surface area contributed by atoms with Crippen LogP contribution in [0.1, 0.15) is 54.3 Å². The first kappa shape index (κ1) is 26.3. The maximum Gasteiger partial charge on any atom is 0.348 e. The van der Waals surface area contributed by atoms with E-state index in [4.69, 9.17) is 23.9 Å². The summed E-state index contributed by atoms with van der Waals surface area (Å²) < 4.78 is 27.7. The van der Waals surface area contributed by atoms with E-state index in [1.165, 1.54) is 11.3 Å². The number of anilines is 1. The zero-order chi connectivity index (χ0) is 28.1. The highest BCUT2D eigenvalue weighted by atomic mass is 32.1. The van der Waals surface area contributed by atoms with E-state index < -0.39 is 5.79 Å². The number of piperidine rings is 1. The molecule has 3 aliphatic heterocycles. The molecule has 41 heavy (non-hydrogen) atoms. The molecule has 3 aromatic heterocycles. The second-order valence-electron chi connectivity index (χ2n) is 11.2. The van der Waals surface area contributed by atoms with Crippen molar-refractivity contribution in [1.29, 1.82) is 0 Å². The summed E-state index contributed by atoms with van der Waals surface area (Å²) in [6, 6.07) is 9.98. The second-order valence-corrected chi connectivity index (χ2v) is 12.2. The summed E-state index contributed by atoms with van der Waals surface area (Å²) in [4.78, 5) is 21.3. The molecular weight excluding hydrogens is 542 g/mol. The van der Waals surface area contributed by atoms with Gasteiger partial charge < -0.3 is 28.4 Å². The third-order valence-corrected chi connectivity index (χ3v) is 9.35. The van der Waals surface area contributed by atoms with Gasteiger partial charge in [-0.15, -0.1) is 11.3 Å². The lowest BCUT2D eigenvalue weighted by atomic mass is 9.92. The van der Waals surface area contributed by atoms with Gasteiger partial charge >= 0.3 is 5.97 Å². The molecule has 0 spiro atoms. The number of aromatic nitrogens is 4. The number of aryl methyl sites for hydroxylation is 1. The molecular formula is C30H35N5O5S. The Morgan fingerprint density at radius 2 is 2.02 bits per heavy atom. The zero-order valence-electron chi connectivity index (χ0n) is 23.7. The fourth-order valence-electron chi connectivity index (χ4n) is 6.02. The van der Waals surface area contributed by atoms with Crippen molar-refractivity contribution >= 4 is 33.3 Å². The smallest absolute Gasteiger partial charge is 0.348 e. The van der Waals surface area contributed by atoms with Crippen LogP contribution in [0.25, 0.3) is 10.3 Å². The third-order valence-electron chi connectivity index (χ3n) is 8.35. The van der Waals surface area contributed by atoms with Crippen molar-refractivity contribution < 1.29 is 23.7 Å². The van der Waals surface area contributed by atoms with Gasteiger partial charge in [0.15, 0.2) is 11.5 Å². The number of nitrogens with zero attached hydrogens (tertiary/aromatic N) is 5. The molecule has 216 valence electrons. The summed E-state index contributed by atoms with van der Waals surface area (Å²) in [5.41, 5.74) is 2.82. The largest absolute Gasteiger partial charge is 0.462 e. The lowest BCUT2D eigenvalue weighted by Gasteiger charge is -2.34. The van der Waals surface area contributed by atoms with Gasteiger partial charge in [0.2, 0.25) is 0 Å². The lowest BCUT2D eigenvalue weighted by molar-refractivity contribution is -0.0719. The van der Waals surface area contributed by atoms with Crippen LogP contribution in [0.4, 0.5) is 5.69 Å². The molecule has 6 heterocycles. The standard InChI is InChI=1S/C30H35N5O5S/c1-4-37-29(36)24-17-22-28(41-24)31-26(35(22)18-20-11-15-38-20)16-19-8-13-34(14-9-19)21-6-5-7-23-27(21)40-30(2,39-23)25-10-12-33(3)32-25/h5-7,10,12,17,19-20H,4,8-9,11,13-16,18H2,1-3H3/t20-,30?/m0/s1. The first-order chi connectivity index (χ1) is 19.9. The van der Waals surface area contributed by atoms with Crippen molar-refractivity contribution in [3.8, 4) is 11.5 Å². The number of ether oxygens (including phenoxy) is 4. The molecule has 2 saturated heterocycles. The van der Waals surface area contributed by atoms with Crippen LogP contribution in [0.3, 0.4) is 0 Å². The predicted molar refractivity (Wildman–Crippen MR) is 155 cm³/mol. The molecule has 0 aliphatic carbocycles. The van der Waals surface area contributed by atoms with Gasteiger partial charge in [-0.25, -0.2) is 9.78 Å². The van der Waals surface area contributed by atoms with E-state index in [1.807, 2.05) is 51.4 Å². The molecule has 7 rings (SSSR count). The average Bonchev–Trinajstić information content (AvgIpc) is 3.70. The molecule has 1 aromatic carbocycles. The van der Waals surface area contributed by atoms with Gasteiger partial charge in [-0.3, -0.25) is 4.68 Å². The molecule has 4 aromatic rings. The SMILES string of the molecule is CCOC(=O)c1cc2c(nc(CC3CCN(c4cccc5c4OC(C)(c4ccn(C)n4)O5)CC3)n2C[C@@H]2CCO2)s1. The van der Waals surface area contributed by atoms with Gasteiger partial charge in [-0.1, -0.05) is 6.07 Å². The highest BCUT2D eigenvalue weighted by Crippen LogP contribution is 2.49. The van der Waals surface area contributed by atoms with E-state index in [1.54, 1.807) is 4.68 Å². The molecule has 0 amide bonds. The highest BCUT2D eigenvalue weighted by molar-refractivity contribution is 7.20. The van der Waals surface area contributed by atoms with E-state index in [2.05, 4.69) is 20.6 Å². The summed E-state index contributed by atoms with van der Waals surface area (Å²) in [6.07, 6.45) is 6.17. The molecule has 1 unspecified atom stereocenters. The number of thiophene rings is 1. The summed E-state index contributed by atoms with van der Waals surface area (Å²) in [6.45, 7) is 7.55. The quantitative estimate of drug-likeness (QED) is 0.273. The fourth-order valence-corrected chi connectivity index (χ4v) is 6.96. The Morgan fingerprint density at radius 1 is 1.20 bits per heavy atom. The lowest BCUT2D eigenvalue weighted by Crippen LogP contribution is -2.36. The number of rotatable bonds is 8. The van der Waals surface area contributed by atoms with E-state index in [0.29, 0.717) is 17.4 Å². The van der Waals surface area contributed by atoms with Gasteiger partial charge in [-0.2, -0.15) is 5.10 Å². The fraction of sp³-hybridized carbons (Fsp3) is 0.500. The van der Waals surface area contributed by atoms with Crippen LogP contribution in [0.5, 0.6) is 11.5 Å². The Morgan fingerprint density at radius 3 is 2.73 bits per heavy atom. The van der Waals surface area contributed by atoms with Crippen molar-refractivity contribution in [2.45, 2.75) is 58.0 Å². The van der Waals surface area contributed by atoms with Crippen LogP contribution in [-0.4, -0.2) is 57.7 Å². The summed E-state index contributed by atoms with van der Waals surface area (Å²) in [5, 5.41) is 4.52. The number of benzene rings is 1. The van der Waals surface area contributed by atoms with Crippen molar-refractivity contribution in [1.82, 2.24) is 19.3 Å². The normalized spacial score (nSPS) is 22.3. The molecule has 0 bridgehead atoms. The van der Waals surface area contributed by atoms with Gasteiger partial charge in [0, 0.05) is 46.3 Å². The minimum Gasteiger partial charge on any atom is -0.462 e. The monoisotopic (exact) mass is 577 g/mol. The number of para-hydroxylation sites is 1. The number of fused-ring (bicyclic) bond motifs is 2. The minimum absolute atomic E-state index is 0.207. The van der Waals surface area contributed by atoms with Crippen LogP contribution in [0.15, 0.2) is 36.5 Å². The number of hydrogen-bond donors (Lipinski definition) is 0. The van der Waals surface area contributed by atoms with Crippen molar-refractivity contribution in [3.05, 3.63) is 52.9 Å². The Kier molecular flexibility index (Phi) is 6.66. The van der Waals surface area contributed by atoms with Crippen LogP contribution in [-0.2, 0) is 35.3 Å². The molecule has 10 nitrogen and oxygen atoms in total. The average molecular weight is 578 g/mol. The summed E-state index contributed by atoms with van der Waals surface area (Å²) in [5.74, 6) is 1.91. The number of imidazole rings is 1. The van der Waals surface area contributed by atoms with Crippen LogP contribution in [0.2, 0.25) is 0 Å². The molecule has 0 saturated carbocycles. The van der Waals surface area contributed by atoms with Gasteiger partial charge in [-0.05, 0) is 56.4 Å². The number of esters is 1. The summed E-state index contributed by atoms with van der Waals surface area (Å²) in [7, 11) is 1.89. The highest BCUT2D eigenvalue weighted by Gasteiger charge is 2.43. The maximum absolute atomic E-state index is 12.3. The third kappa shape index (κ3) is 4.84. The van der Waals surface area contributed by atoms with Gasteiger partial charge in [0.05, 0.1) is 30.5 Å². The van der Waals surface area contributed by atoms with Crippen molar-refractivity contribution in [2.75, 3.05) is 31.2 Å². The van der Waals surface area contributed by atoms with Gasteiger partial charge in [0.1, 0.15) is 21.2 Å². The molecule has 0 N–H and O–H groups in total.